The third kappa shape index (κ3) is 1.87. The second kappa shape index (κ2) is 3.28. The molecule has 0 amide bonds. The fourth-order valence-electron chi connectivity index (χ4n) is 0.955. The summed E-state index contributed by atoms with van der Waals surface area (Å²) in [5, 5.41) is 0. The molecule has 2 nitrogen and oxygen atoms in total. The summed E-state index contributed by atoms with van der Waals surface area (Å²) in [6.45, 7) is 5.85. The van der Waals surface area contributed by atoms with E-state index < -0.39 is 0 Å². The number of hydrogen-bond donors (Lipinski definition) is 0. The van der Waals surface area contributed by atoms with Crippen molar-refractivity contribution < 1.29 is 0 Å². The Morgan fingerprint density at radius 2 is 2.09 bits per heavy atom. The molecular weight excluding hydrogens is 136 g/mol. The second-order valence-corrected chi connectivity index (χ2v) is 2.44. The molecule has 0 fully saturated rings. The Bertz CT molecular complexity index is 277. The molecule has 1 heterocycles. The van der Waals surface area contributed by atoms with Crippen LogP contribution >= 0.6 is 0 Å². The predicted molar refractivity (Wildman–Crippen MR) is 47.5 cm³/mol. The highest BCUT2D eigenvalue weighted by molar-refractivity contribution is 5.61. The minimum absolute atomic E-state index is 0.957. The fourth-order valence-corrected chi connectivity index (χ4v) is 0.955. The zero-order chi connectivity index (χ0) is 8.27. The molecule has 0 aromatic carbocycles. The maximum atomic E-state index is 4.28. The molecule has 58 valence electrons. The lowest BCUT2D eigenvalue weighted by atomic mass is 10.3. The first-order chi connectivity index (χ1) is 5.24. The number of aryl methyl sites for hydroxylation is 2. The molecule has 11 heavy (non-hydrogen) atoms. The Hall–Kier alpha value is -1.18. The van der Waals surface area contributed by atoms with Crippen LogP contribution in [0.4, 0.5) is 5.69 Å². The average Bonchev–Trinajstić information content (AvgIpc) is 1.95. The van der Waals surface area contributed by atoms with Gasteiger partial charge >= 0.3 is 0 Å². The highest BCUT2D eigenvalue weighted by Crippen LogP contribution is 2.15. The van der Waals surface area contributed by atoms with Gasteiger partial charge in [0.05, 0.1) is 11.4 Å². The van der Waals surface area contributed by atoms with Crippen molar-refractivity contribution in [2.45, 2.75) is 20.8 Å². The number of aromatic nitrogens is 1. The van der Waals surface area contributed by atoms with Gasteiger partial charge in [-0.05, 0) is 32.9 Å². The minimum Gasteiger partial charge on any atom is -0.260 e. The lowest BCUT2D eigenvalue weighted by Crippen LogP contribution is -1.84. The van der Waals surface area contributed by atoms with Crippen LogP contribution in [-0.4, -0.2) is 11.2 Å². The molecule has 0 bridgehead atoms. The van der Waals surface area contributed by atoms with Crippen LogP contribution in [0.5, 0.6) is 0 Å². The van der Waals surface area contributed by atoms with Gasteiger partial charge in [0.25, 0.3) is 0 Å². The molecule has 1 rings (SSSR count). The number of pyridine rings is 1. The van der Waals surface area contributed by atoms with Gasteiger partial charge in [-0.3, -0.25) is 9.98 Å². The van der Waals surface area contributed by atoms with E-state index in [9.17, 15) is 0 Å². The van der Waals surface area contributed by atoms with Crippen LogP contribution < -0.4 is 0 Å². The standard InChI is InChI=1S/C9H12N2/c1-4-10-9-6-5-7(2)11-8(9)3/h4-6H,1-3H3/b10-4+. The summed E-state index contributed by atoms with van der Waals surface area (Å²) >= 11 is 0. The molecule has 1 aromatic heterocycles. The quantitative estimate of drug-likeness (QED) is 0.561. The van der Waals surface area contributed by atoms with Crippen molar-refractivity contribution in [3.63, 3.8) is 0 Å². The van der Waals surface area contributed by atoms with Crippen LogP contribution in [-0.2, 0) is 0 Å². The van der Waals surface area contributed by atoms with Crippen molar-refractivity contribution >= 4 is 11.9 Å². The maximum Gasteiger partial charge on any atom is 0.0838 e. The number of aliphatic imine (C=N–C) groups is 1. The van der Waals surface area contributed by atoms with E-state index in [0.717, 1.165) is 17.1 Å². The SMILES string of the molecule is C/C=N/c1ccc(C)nc1C. The van der Waals surface area contributed by atoms with Crippen molar-refractivity contribution in [2.75, 3.05) is 0 Å². The Balaban J connectivity index is 3.09. The summed E-state index contributed by atoms with van der Waals surface area (Å²) in [5.41, 5.74) is 2.98. The Kier molecular flexibility index (Phi) is 2.36. The van der Waals surface area contributed by atoms with Gasteiger partial charge in [0.2, 0.25) is 0 Å². The van der Waals surface area contributed by atoms with E-state index in [1.165, 1.54) is 0 Å². The van der Waals surface area contributed by atoms with E-state index in [-0.39, 0.29) is 0 Å². The Morgan fingerprint density at radius 3 is 2.64 bits per heavy atom. The molecule has 0 aliphatic heterocycles. The second-order valence-electron chi connectivity index (χ2n) is 2.44. The predicted octanol–water partition coefficient (Wildman–Crippen LogP) is 2.42. The molecule has 0 atom stereocenters. The lowest BCUT2D eigenvalue weighted by Gasteiger charge is -1.98. The minimum atomic E-state index is 0.957. The van der Waals surface area contributed by atoms with Crippen molar-refractivity contribution in [1.29, 1.82) is 0 Å². The highest BCUT2D eigenvalue weighted by Gasteiger charge is 1.94. The molecule has 2 heteroatoms. The first-order valence-corrected chi connectivity index (χ1v) is 3.67. The van der Waals surface area contributed by atoms with Crippen LogP contribution in [0, 0.1) is 13.8 Å². The smallest absolute Gasteiger partial charge is 0.0838 e. The van der Waals surface area contributed by atoms with E-state index in [1.807, 2.05) is 32.9 Å². The van der Waals surface area contributed by atoms with Gasteiger partial charge in [-0.15, -0.1) is 0 Å². The molecule has 0 aliphatic rings. The van der Waals surface area contributed by atoms with Crippen molar-refractivity contribution in [2.24, 2.45) is 4.99 Å². The molecule has 0 spiro atoms. The van der Waals surface area contributed by atoms with E-state index >= 15 is 0 Å². The van der Waals surface area contributed by atoms with Crippen molar-refractivity contribution in [1.82, 2.24) is 4.98 Å². The lowest BCUT2D eigenvalue weighted by molar-refractivity contribution is 1.12. The fraction of sp³-hybridized carbons (Fsp3) is 0.333. The Labute approximate surface area is 67.0 Å². The van der Waals surface area contributed by atoms with Gasteiger partial charge < -0.3 is 0 Å². The molecule has 0 saturated heterocycles. The van der Waals surface area contributed by atoms with E-state index in [4.69, 9.17) is 0 Å². The first kappa shape index (κ1) is 7.92. The average molecular weight is 148 g/mol. The normalized spacial score (nSPS) is 10.8. The van der Waals surface area contributed by atoms with Crippen LogP contribution in [0.2, 0.25) is 0 Å². The highest BCUT2D eigenvalue weighted by atomic mass is 14.8. The zero-order valence-electron chi connectivity index (χ0n) is 7.13. The first-order valence-electron chi connectivity index (χ1n) is 3.67. The molecular formula is C9H12N2. The van der Waals surface area contributed by atoms with Gasteiger partial charge in [0.1, 0.15) is 0 Å². The summed E-state index contributed by atoms with van der Waals surface area (Å²) in [4.78, 5) is 8.44. The zero-order valence-corrected chi connectivity index (χ0v) is 7.13. The number of hydrogen-bond acceptors (Lipinski definition) is 2. The molecule has 1 aromatic rings. The van der Waals surface area contributed by atoms with E-state index in [0.29, 0.717) is 0 Å². The van der Waals surface area contributed by atoms with Gasteiger partial charge in [-0.1, -0.05) is 0 Å². The molecule has 0 aliphatic carbocycles. The summed E-state index contributed by atoms with van der Waals surface area (Å²) < 4.78 is 0. The van der Waals surface area contributed by atoms with Crippen LogP contribution in [0.25, 0.3) is 0 Å². The third-order valence-corrected chi connectivity index (χ3v) is 1.47. The van der Waals surface area contributed by atoms with Gasteiger partial charge in [-0.25, -0.2) is 0 Å². The monoisotopic (exact) mass is 148 g/mol. The summed E-state index contributed by atoms with van der Waals surface area (Å²) in [5.74, 6) is 0. The van der Waals surface area contributed by atoms with Crippen LogP contribution in [0.3, 0.4) is 0 Å². The third-order valence-electron chi connectivity index (χ3n) is 1.47. The van der Waals surface area contributed by atoms with Crippen molar-refractivity contribution in [3.8, 4) is 0 Å². The summed E-state index contributed by atoms with van der Waals surface area (Å²) in [6, 6.07) is 3.95. The summed E-state index contributed by atoms with van der Waals surface area (Å²) in [6.07, 6.45) is 1.78. The molecule has 0 radical (unpaired) electrons. The van der Waals surface area contributed by atoms with Crippen molar-refractivity contribution in [3.05, 3.63) is 23.5 Å². The number of nitrogens with zero attached hydrogens (tertiary/aromatic N) is 2. The summed E-state index contributed by atoms with van der Waals surface area (Å²) in [7, 11) is 0. The van der Waals surface area contributed by atoms with Gasteiger partial charge in [0.15, 0.2) is 0 Å². The van der Waals surface area contributed by atoms with Gasteiger partial charge in [0, 0.05) is 11.9 Å². The van der Waals surface area contributed by atoms with Gasteiger partial charge in [-0.2, -0.15) is 0 Å². The van der Waals surface area contributed by atoms with E-state index in [2.05, 4.69) is 9.98 Å². The molecule has 0 saturated carbocycles. The van der Waals surface area contributed by atoms with Crippen LogP contribution in [0.15, 0.2) is 17.1 Å². The van der Waals surface area contributed by atoms with Crippen LogP contribution in [0.1, 0.15) is 18.3 Å². The Morgan fingerprint density at radius 1 is 1.36 bits per heavy atom. The largest absolute Gasteiger partial charge is 0.260 e. The van der Waals surface area contributed by atoms with E-state index in [1.54, 1.807) is 6.21 Å². The maximum absolute atomic E-state index is 4.28. The topological polar surface area (TPSA) is 25.2 Å². The molecule has 0 unspecified atom stereocenters. The number of rotatable bonds is 1. The molecule has 0 N–H and O–H groups in total.